The van der Waals surface area contributed by atoms with E-state index < -0.39 is 17.1 Å². The van der Waals surface area contributed by atoms with Gasteiger partial charge < -0.3 is 0 Å². The lowest BCUT2D eigenvalue weighted by atomic mass is 10.0. The lowest BCUT2D eigenvalue weighted by Gasteiger charge is -2.15. The van der Waals surface area contributed by atoms with Gasteiger partial charge in [0, 0.05) is 0 Å². The third-order valence-electron chi connectivity index (χ3n) is 2.48. The van der Waals surface area contributed by atoms with Crippen molar-refractivity contribution in [3.63, 3.8) is 0 Å². The molecule has 1 aromatic carbocycles. The van der Waals surface area contributed by atoms with E-state index in [9.17, 15) is 13.2 Å². The molecule has 0 amide bonds. The quantitative estimate of drug-likeness (QED) is 0.610. The monoisotopic (exact) mass is 284 g/mol. The first-order valence-electron chi connectivity index (χ1n) is 5.37. The Morgan fingerprint density at radius 2 is 1.94 bits per heavy atom. The summed E-state index contributed by atoms with van der Waals surface area (Å²) in [5, 5.41) is -0.749. The summed E-state index contributed by atoms with van der Waals surface area (Å²) in [7, 11) is 0. The Kier molecular flexibility index (Phi) is 5.14. The summed E-state index contributed by atoms with van der Waals surface area (Å²) in [5.41, 5.74) is -0.463. The average Bonchev–Trinajstić information content (AvgIpc) is 2.24. The summed E-state index contributed by atoms with van der Waals surface area (Å²) >= 11 is 11.8. The van der Waals surface area contributed by atoms with Gasteiger partial charge in [0.25, 0.3) is 0 Å². The Morgan fingerprint density at radius 3 is 2.47 bits per heavy atom. The van der Waals surface area contributed by atoms with Crippen molar-refractivity contribution in [2.24, 2.45) is 0 Å². The molecule has 0 N–H and O–H groups in total. The van der Waals surface area contributed by atoms with E-state index >= 15 is 0 Å². The zero-order chi connectivity index (χ0) is 13.1. The minimum atomic E-state index is -4.44. The Bertz CT molecular complexity index is 375. The number of hydrogen-bond acceptors (Lipinski definition) is 0. The molecule has 0 bridgehead atoms. The van der Waals surface area contributed by atoms with Crippen LogP contribution in [0.3, 0.4) is 0 Å². The molecule has 0 fully saturated rings. The second-order valence-corrected chi connectivity index (χ2v) is 4.72. The number of alkyl halides is 4. The molecule has 1 rings (SSSR count). The molecule has 0 aliphatic rings. The molecular weight excluding hydrogens is 272 g/mol. The molecule has 0 aliphatic heterocycles. The summed E-state index contributed by atoms with van der Waals surface area (Å²) in [4.78, 5) is 0. The summed E-state index contributed by atoms with van der Waals surface area (Å²) in [6.45, 7) is 2.00. The van der Waals surface area contributed by atoms with Gasteiger partial charge >= 0.3 is 6.18 Å². The van der Waals surface area contributed by atoms with E-state index in [1.807, 2.05) is 6.92 Å². The minimum Gasteiger partial charge on any atom is -0.166 e. The van der Waals surface area contributed by atoms with E-state index in [2.05, 4.69) is 0 Å². The van der Waals surface area contributed by atoms with Crippen LogP contribution in [0.25, 0.3) is 0 Å². The predicted octanol–water partition coefficient (Wildman–Crippen LogP) is 5.83. The van der Waals surface area contributed by atoms with Gasteiger partial charge in [0.15, 0.2) is 0 Å². The zero-order valence-electron chi connectivity index (χ0n) is 9.32. The van der Waals surface area contributed by atoms with Crippen molar-refractivity contribution in [1.82, 2.24) is 0 Å². The summed E-state index contributed by atoms with van der Waals surface area (Å²) in [5.74, 6) is 0. The minimum absolute atomic E-state index is 0.281. The van der Waals surface area contributed by atoms with Crippen molar-refractivity contribution in [3.05, 3.63) is 34.3 Å². The van der Waals surface area contributed by atoms with E-state index in [0.717, 1.165) is 18.9 Å². The molecular formula is C12H13Cl2F3. The van der Waals surface area contributed by atoms with Gasteiger partial charge in [0.2, 0.25) is 0 Å². The zero-order valence-corrected chi connectivity index (χ0v) is 10.8. The fourth-order valence-electron chi connectivity index (χ4n) is 1.55. The lowest BCUT2D eigenvalue weighted by Crippen LogP contribution is -2.07. The molecule has 0 nitrogen and oxygen atoms in total. The number of unbranched alkanes of at least 4 members (excludes halogenated alkanes) is 1. The van der Waals surface area contributed by atoms with Gasteiger partial charge in [-0.1, -0.05) is 43.5 Å². The molecule has 0 saturated heterocycles. The first-order valence-corrected chi connectivity index (χ1v) is 6.19. The molecule has 0 aromatic heterocycles. The van der Waals surface area contributed by atoms with Crippen molar-refractivity contribution in [1.29, 1.82) is 0 Å². The van der Waals surface area contributed by atoms with Crippen LogP contribution in [0.2, 0.25) is 5.02 Å². The van der Waals surface area contributed by atoms with Gasteiger partial charge in [0.1, 0.15) is 0 Å². The van der Waals surface area contributed by atoms with Crippen LogP contribution in [0, 0.1) is 0 Å². The molecule has 5 heteroatoms. The van der Waals surface area contributed by atoms with Crippen LogP contribution >= 0.6 is 23.2 Å². The molecule has 0 heterocycles. The second kappa shape index (κ2) is 5.96. The maximum Gasteiger partial charge on any atom is 0.417 e. The van der Waals surface area contributed by atoms with Gasteiger partial charge in [-0.25, -0.2) is 0 Å². The third kappa shape index (κ3) is 3.78. The molecule has 0 saturated carbocycles. The highest BCUT2D eigenvalue weighted by atomic mass is 35.5. The molecule has 1 unspecified atom stereocenters. The summed E-state index contributed by atoms with van der Waals surface area (Å²) < 4.78 is 37.8. The highest BCUT2D eigenvalue weighted by molar-refractivity contribution is 6.33. The van der Waals surface area contributed by atoms with Crippen LogP contribution in [0.4, 0.5) is 13.2 Å². The average molecular weight is 285 g/mol. The van der Waals surface area contributed by atoms with Crippen molar-refractivity contribution >= 4 is 23.2 Å². The predicted molar refractivity (Wildman–Crippen MR) is 64.6 cm³/mol. The van der Waals surface area contributed by atoms with Gasteiger partial charge in [0.05, 0.1) is 16.0 Å². The standard InChI is InChI=1S/C12H13Cl2F3/c1-2-3-7-10(13)8-5-4-6-9(11(8)14)12(15,16)17/h4-6,10H,2-3,7H2,1H3. The Balaban J connectivity index is 3.02. The fraction of sp³-hybridized carbons (Fsp3) is 0.500. The van der Waals surface area contributed by atoms with Crippen LogP contribution in [-0.4, -0.2) is 0 Å². The molecule has 0 aliphatic carbocycles. The van der Waals surface area contributed by atoms with Gasteiger partial charge in [-0.2, -0.15) is 13.2 Å². The van der Waals surface area contributed by atoms with E-state index in [1.54, 1.807) is 6.07 Å². The number of rotatable bonds is 4. The first kappa shape index (κ1) is 14.7. The number of hydrogen-bond donors (Lipinski definition) is 0. The Morgan fingerprint density at radius 1 is 1.29 bits per heavy atom. The van der Waals surface area contributed by atoms with Crippen molar-refractivity contribution in [2.75, 3.05) is 0 Å². The Labute approximate surface area is 109 Å². The first-order chi connectivity index (χ1) is 7.88. The highest BCUT2D eigenvalue weighted by Crippen LogP contribution is 2.40. The normalized spacial score (nSPS) is 13.8. The third-order valence-corrected chi connectivity index (χ3v) is 3.36. The van der Waals surface area contributed by atoms with Crippen LogP contribution in [0.15, 0.2) is 18.2 Å². The van der Waals surface area contributed by atoms with Crippen LogP contribution < -0.4 is 0 Å². The fourth-order valence-corrected chi connectivity index (χ4v) is 2.31. The number of halogens is 5. The maximum absolute atomic E-state index is 12.6. The van der Waals surface area contributed by atoms with Gasteiger partial charge in [-0.3, -0.25) is 0 Å². The van der Waals surface area contributed by atoms with E-state index in [1.165, 1.54) is 6.07 Å². The largest absolute Gasteiger partial charge is 0.417 e. The SMILES string of the molecule is CCCCC(Cl)c1cccc(C(F)(F)F)c1Cl. The highest BCUT2D eigenvalue weighted by Gasteiger charge is 2.34. The van der Waals surface area contributed by atoms with E-state index in [-0.39, 0.29) is 5.02 Å². The summed E-state index contributed by atoms with van der Waals surface area (Å²) in [6, 6.07) is 3.85. The smallest absolute Gasteiger partial charge is 0.166 e. The molecule has 0 radical (unpaired) electrons. The van der Waals surface area contributed by atoms with Crippen LogP contribution in [0.1, 0.15) is 42.7 Å². The second-order valence-electron chi connectivity index (χ2n) is 3.82. The van der Waals surface area contributed by atoms with Crippen LogP contribution in [-0.2, 0) is 6.18 Å². The van der Waals surface area contributed by atoms with Crippen LogP contribution in [0.5, 0.6) is 0 Å². The molecule has 0 spiro atoms. The maximum atomic E-state index is 12.6. The van der Waals surface area contributed by atoms with Gasteiger partial charge in [-0.05, 0) is 18.1 Å². The molecule has 17 heavy (non-hydrogen) atoms. The summed E-state index contributed by atoms with van der Waals surface area (Å²) in [6.07, 6.45) is -2.01. The lowest BCUT2D eigenvalue weighted by molar-refractivity contribution is -0.137. The van der Waals surface area contributed by atoms with Gasteiger partial charge in [-0.15, -0.1) is 11.6 Å². The molecule has 96 valence electrons. The number of benzene rings is 1. The van der Waals surface area contributed by atoms with Crippen molar-refractivity contribution in [2.45, 2.75) is 37.7 Å². The van der Waals surface area contributed by atoms with Crippen molar-refractivity contribution in [3.8, 4) is 0 Å². The molecule has 1 atom stereocenters. The Hall–Kier alpha value is -0.410. The van der Waals surface area contributed by atoms with E-state index in [4.69, 9.17) is 23.2 Å². The van der Waals surface area contributed by atoms with E-state index in [0.29, 0.717) is 12.0 Å². The van der Waals surface area contributed by atoms with Crippen molar-refractivity contribution < 1.29 is 13.2 Å². The molecule has 1 aromatic rings. The topological polar surface area (TPSA) is 0 Å².